The molecular weight excluding hydrogens is 250 g/mol. The Morgan fingerprint density at radius 3 is 2.41 bits per heavy atom. The van der Waals surface area contributed by atoms with E-state index in [1.807, 2.05) is 0 Å². The van der Waals surface area contributed by atoms with Gasteiger partial charge >= 0.3 is 11.4 Å². The van der Waals surface area contributed by atoms with E-state index in [9.17, 15) is 20.2 Å². The van der Waals surface area contributed by atoms with E-state index in [0.717, 1.165) is 19.2 Å². The van der Waals surface area contributed by atoms with Gasteiger partial charge in [0.2, 0.25) is 0 Å². The number of thioether (sulfide) groups is 1. The fourth-order valence-electron chi connectivity index (χ4n) is 1.19. The summed E-state index contributed by atoms with van der Waals surface area (Å²) in [6, 6.07) is 2.21. The molecule has 0 atom stereocenters. The highest BCUT2D eigenvalue weighted by Gasteiger charge is 2.30. The summed E-state index contributed by atoms with van der Waals surface area (Å²) in [5.74, 6) is -0.458. The number of hydrogen-bond acceptors (Lipinski definition) is 7. The van der Waals surface area contributed by atoms with Gasteiger partial charge in [-0.25, -0.2) is 0 Å². The van der Waals surface area contributed by atoms with Crippen molar-refractivity contribution >= 4 is 23.1 Å². The maximum absolute atomic E-state index is 10.8. The summed E-state index contributed by atoms with van der Waals surface area (Å²) in [5, 5.41) is 31.6. The van der Waals surface area contributed by atoms with Crippen LogP contribution >= 0.6 is 11.8 Å². The van der Waals surface area contributed by atoms with Crippen LogP contribution in [0.3, 0.4) is 0 Å². The zero-order valence-electron chi connectivity index (χ0n) is 8.45. The molecule has 0 radical (unpaired) electrons. The minimum atomic E-state index is -0.814. The van der Waals surface area contributed by atoms with E-state index in [0.29, 0.717) is 11.8 Å². The van der Waals surface area contributed by atoms with Crippen LogP contribution in [-0.2, 0) is 0 Å². The van der Waals surface area contributed by atoms with Crippen LogP contribution < -0.4 is 4.74 Å². The van der Waals surface area contributed by atoms with Gasteiger partial charge in [0, 0.05) is 6.07 Å². The van der Waals surface area contributed by atoms with Gasteiger partial charge in [-0.15, -0.1) is 0 Å². The number of rotatable bonds is 4. The van der Waals surface area contributed by atoms with Crippen molar-refractivity contribution in [1.29, 1.82) is 5.26 Å². The fraction of sp³-hybridized carbons (Fsp3) is 0.125. The first-order valence-corrected chi connectivity index (χ1v) is 4.90. The number of benzene rings is 1. The Morgan fingerprint density at radius 2 is 2.00 bits per heavy atom. The summed E-state index contributed by atoms with van der Waals surface area (Å²) in [6.45, 7) is 0. The number of nitro benzene ring substituents is 2. The highest BCUT2D eigenvalue weighted by atomic mass is 32.2. The molecular formula is C8H5N3O5S. The van der Waals surface area contributed by atoms with Gasteiger partial charge in [-0.3, -0.25) is 20.2 Å². The normalized spacial score (nSPS) is 9.41. The zero-order chi connectivity index (χ0) is 13.0. The summed E-state index contributed by atoms with van der Waals surface area (Å²) < 4.78 is 4.68. The Morgan fingerprint density at radius 1 is 1.35 bits per heavy atom. The van der Waals surface area contributed by atoms with Gasteiger partial charge in [-0.2, -0.15) is 5.26 Å². The molecule has 88 valence electrons. The van der Waals surface area contributed by atoms with Crippen LogP contribution in [0.25, 0.3) is 0 Å². The Balaban J connectivity index is 3.56. The lowest BCUT2D eigenvalue weighted by Gasteiger charge is -2.04. The van der Waals surface area contributed by atoms with Crippen molar-refractivity contribution in [3.63, 3.8) is 0 Å². The van der Waals surface area contributed by atoms with Gasteiger partial charge in [0.25, 0.3) is 5.75 Å². The third-order valence-electron chi connectivity index (χ3n) is 1.81. The molecule has 0 aliphatic heterocycles. The Bertz CT molecular complexity index is 525. The quantitative estimate of drug-likeness (QED) is 0.349. The van der Waals surface area contributed by atoms with E-state index in [2.05, 4.69) is 4.74 Å². The molecule has 0 aromatic heterocycles. The molecule has 0 heterocycles. The molecule has 0 fully saturated rings. The SMILES string of the molecule is COc1c([N+](=O)[O-])ccc(SC#N)c1[N+](=O)[O-]. The molecule has 0 spiro atoms. The van der Waals surface area contributed by atoms with Gasteiger partial charge in [-0.1, -0.05) is 0 Å². The molecule has 1 aromatic rings. The van der Waals surface area contributed by atoms with E-state index in [4.69, 9.17) is 5.26 Å². The minimum Gasteiger partial charge on any atom is -0.485 e. The van der Waals surface area contributed by atoms with E-state index in [-0.39, 0.29) is 4.90 Å². The highest BCUT2D eigenvalue weighted by Crippen LogP contribution is 2.42. The molecule has 0 bridgehead atoms. The Hall–Kier alpha value is -2.34. The molecule has 0 unspecified atom stereocenters. The molecule has 1 rings (SSSR count). The second-order valence-electron chi connectivity index (χ2n) is 2.67. The lowest BCUT2D eigenvalue weighted by molar-refractivity contribution is -0.397. The number of ether oxygens (including phenoxy) is 1. The van der Waals surface area contributed by atoms with Crippen LogP contribution in [0.4, 0.5) is 11.4 Å². The monoisotopic (exact) mass is 255 g/mol. The topological polar surface area (TPSA) is 119 Å². The molecule has 0 aliphatic rings. The largest absolute Gasteiger partial charge is 0.485 e. The summed E-state index contributed by atoms with van der Waals surface area (Å²) in [6.07, 6.45) is 0. The van der Waals surface area contributed by atoms with E-state index in [1.54, 1.807) is 5.40 Å². The van der Waals surface area contributed by atoms with Gasteiger partial charge in [0.05, 0.1) is 17.0 Å². The van der Waals surface area contributed by atoms with Crippen molar-refractivity contribution in [2.24, 2.45) is 0 Å². The van der Waals surface area contributed by atoms with Gasteiger partial charge in [-0.05, 0) is 17.8 Å². The van der Waals surface area contributed by atoms with Crippen molar-refractivity contribution in [3.05, 3.63) is 32.4 Å². The third-order valence-corrected chi connectivity index (χ3v) is 2.45. The average Bonchev–Trinajstić information content (AvgIpc) is 2.27. The molecule has 0 aliphatic carbocycles. The Kier molecular flexibility index (Phi) is 3.84. The first-order chi connectivity index (χ1) is 8.02. The van der Waals surface area contributed by atoms with Crippen molar-refractivity contribution < 1.29 is 14.6 Å². The third kappa shape index (κ3) is 2.43. The maximum Gasteiger partial charge on any atom is 0.332 e. The molecule has 0 amide bonds. The van der Waals surface area contributed by atoms with Crippen LogP contribution in [0.5, 0.6) is 5.75 Å². The van der Waals surface area contributed by atoms with Crippen LogP contribution in [-0.4, -0.2) is 17.0 Å². The van der Waals surface area contributed by atoms with E-state index in [1.165, 1.54) is 0 Å². The fourth-order valence-corrected chi connectivity index (χ4v) is 1.69. The molecule has 0 saturated heterocycles. The number of nitriles is 1. The minimum absolute atomic E-state index is 0.0000463. The van der Waals surface area contributed by atoms with E-state index >= 15 is 0 Å². The highest BCUT2D eigenvalue weighted by molar-refractivity contribution is 8.03. The average molecular weight is 255 g/mol. The number of thiocyanates is 1. The summed E-state index contributed by atoms with van der Waals surface area (Å²) in [4.78, 5) is 19.9. The molecule has 17 heavy (non-hydrogen) atoms. The van der Waals surface area contributed by atoms with Gasteiger partial charge < -0.3 is 4.74 Å². The van der Waals surface area contributed by atoms with Crippen molar-refractivity contribution in [3.8, 4) is 11.2 Å². The smallest absolute Gasteiger partial charge is 0.332 e. The Labute approximate surface area is 99.1 Å². The maximum atomic E-state index is 10.8. The summed E-state index contributed by atoms with van der Waals surface area (Å²) in [7, 11) is 1.09. The second kappa shape index (κ2) is 5.13. The standard InChI is InChI=1S/C8H5N3O5S/c1-16-8-5(10(12)13)2-3-6(17-4-9)7(8)11(14)15/h2-3H,1H3. The predicted octanol–water partition coefficient (Wildman–Crippen LogP) is 2.08. The van der Waals surface area contributed by atoms with Crippen LogP contribution in [0.15, 0.2) is 17.0 Å². The predicted molar refractivity (Wildman–Crippen MR) is 57.8 cm³/mol. The lowest BCUT2D eigenvalue weighted by atomic mass is 10.2. The van der Waals surface area contributed by atoms with Crippen LogP contribution in [0.2, 0.25) is 0 Å². The molecule has 8 nitrogen and oxygen atoms in total. The number of methoxy groups -OCH3 is 1. The van der Waals surface area contributed by atoms with Crippen molar-refractivity contribution in [2.75, 3.05) is 7.11 Å². The second-order valence-corrected chi connectivity index (χ2v) is 3.50. The summed E-state index contributed by atoms with van der Waals surface area (Å²) >= 11 is 0.541. The van der Waals surface area contributed by atoms with Crippen molar-refractivity contribution in [2.45, 2.75) is 4.90 Å². The van der Waals surface area contributed by atoms with E-state index < -0.39 is 27.0 Å². The number of nitrogens with zero attached hydrogens (tertiary/aromatic N) is 3. The first-order valence-electron chi connectivity index (χ1n) is 4.08. The molecule has 9 heteroatoms. The van der Waals surface area contributed by atoms with Gasteiger partial charge in [0.1, 0.15) is 10.3 Å². The number of hydrogen-bond donors (Lipinski definition) is 0. The zero-order valence-corrected chi connectivity index (χ0v) is 9.26. The first kappa shape index (κ1) is 12.7. The molecule has 0 saturated carbocycles. The van der Waals surface area contributed by atoms with Gasteiger partial charge in [0.15, 0.2) is 0 Å². The lowest BCUT2D eigenvalue weighted by Crippen LogP contribution is -2.00. The van der Waals surface area contributed by atoms with Crippen LogP contribution in [0.1, 0.15) is 0 Å². The van der Waals surface area contributed by atoms with Crippen molar-refractivity contribution in [1.82, 2.24) is 0 Å². The number of nitro groups is 2. The summed E-state index contributed by atoms with van der Waals surface area (Å²) in [5.41, 5.74) is -1.09. The van der Waals surface area contributed by atoms with Crippen LogP contribution in [0, 0.1) is 30.9 Å². The molecule has 0 N–H and O–H groups in total. The molecule has 1 aromatic carbocycles.